The van der Waals surface area contributed by atoms with Crippen LogP contribution in [0.3, 0.4) is 0 Å². The lowest BCUT2D eigenvalue weighted by Gasteiger charge is -2.31. The molecule has 1 fully saturated rings. The van der Waals surface area contributed by atoms with E-state index in [2.05, 4.69) is 29.0 Å². The Morgan fingerprint density at radius 2 is 2.17 bits per heavy atom. The molecular weight excluding hydrogens is 326 g/mol. The van der Waals surface area contributed by atoms with Crippen LogP contribution < -0.4 is 5.73 Å². The first-order chi connectivity index (χ1) is 11.2. The molecule has 23 heavy (non-hydrogen) atoms. The van der Waals surface area contributed by atoms with Gasteiger partial charge in [-0.05, 0) is 18.6 Å². The largest absolute Gasteiger partial charge is 0.366 e. The lowest BCUT2D eigenvalue weighted by Crippen LogP contribution is -2.37. The predicted molar refractivity (Wildman–Crippen MR) is 97.9 cm³/mol. The summed E-state index contributed by atoms with van der Waals surface area (Å²) >= 11 is 3.74. The molecule has 1 saturated heterocycles. The Kier molecular flexibility index (Phi) is 5.35. The Balaban J connectivity index is 1.66. The number of carbonyl (C=O) groups excluding carboxylic acids is 1. The summed E-state index contributed by atoms with van der Waals surface area (Å²) in [6, 6.07) is 7.33. The molecule has 1 aromatic carbocycles. The van der Waals surface area contributed by atoms with E-state index in [1.807, 2.05) is 12.1 Å². The highest BCUT2D eigenvalue weighted by Crippen LogP contribution is 2.26. The third-order valence-corrected chi connectivity index (χ3v) is 6.34. The minimum absolute atomic E-state index is 0.398. The number of carbonyl (C=O) groups is 1. The number of nitrogens with zero attached hydrogens (tertiary/aromatic N) is 2. The molecule has 0 unspecified atom stereocenters. The number of nitrogens with two attached hydrogens (primary N) is 1. The molecule has 0 spiro atoms. The van der Waals surface area contributed by atoms with Crippen LogP contribution in [0.4, 0.5) is 0 Å². The number of thioether (sulfide) groups is 1. The van der Waals surface area contributed by atoms with Crippen LogP contribution in [0.15, 0.2) is 29.6 Å². The Morgan fingerprint density at radius 1 is 1.39 bits per heavy atom. The van der Waals surface area contributed by atoms with Gasteiger partial charge in [0.15, 0.2) is 0 Å². The number of benzene rings is 1. The molecule has 1 aliphatic heterocycles. The van der Waals surface area contributed by atoms with Crippen molar-refractivity contribution in [2.24, 2.45) is 5.73 Å². The van der Waals surface area contributed by atoms with Crippen molar-refractivity contribution in [2.75, 3.05) is 18.8 Å². The van der Waals surface area contributed by atoms with Gasteiger partial charge in [0.2, 0.25) is 5.91 Å². The second-order valence-corrected chi connectivity index (χ2v) is 7.99. The minimum Gasteiger partial charge on any atom is -0.366 e. The quantitative estimate of drug-likeness (QED) is 0.902. The average molecular weight is 348 g/mol. The van der Waals surface area contributed by atoms with Gasteiger partial charge in [0.25, 0.3) is 0 Å². The van der Waals surface area contributed by atoms with Crippen molar-refractivity contribution < 1.29 is 4.79 Å². The second-order valence-electron chi connectivity index (χ2n) is 5.72. The molecule has 4 nitrogen and oxygen atoms in total. The zero-order valence-electron chi connectivity index (χ0n) is 13.2. The van der Waals surface area contributed by atoms with E-state index in [4.69, 9.17) is 10.7 Å². The van der Waals surface area contributed by atoms with Crippen LogP contribution in [0, 0.1) is 0 Å². The van der Waals surface area contributed by atoms with E-state index in [-0.39, 0.29) is 0 Å². The number of hydrogen-bond donors (Lipinski definition) is 1. The van der Waals surface area contributed by atoms with Crippen LogP contribution in [-0.4, -0.2) is 39.9 Å². The monoisotopic (exact) mass is 347 g/mol. The van der Waals surface area contributed by atoms with E-state index in [0.717, 1.165) is 41.1 Å². The highest BCUT2D eigenvalue weighted by Gasteiger charge is 2.19. The fourth-order valence-corrected chi connectivity index (χ4v) is 4.76. The first-order valence-corrected chi connectivity index (χ1v) is 9.77. The van der Waals surface area contributed by atoms with E-state index in [0.29, 0.717) is 5.56 Å². The Hall–Kier alpha value is -1.37. The summed E-state index contributed by atoms with van der Waals surface area (Å²) in [4.78, 5) is 18.4. The van der Waals surface area contributed by atoms with Gasteiger partial charge in [-0.3, -0.25) is 9.69 Å². The van der Waals surface area contributed by atoms with Gasteiger partial charge in [0.1, 0.15) is 5.01 Å². The van der Waals surface area contributed by atoms with Crippen LogP contribution in [0.1, 0.15) is 29.4 Å². The standard InChI is InChI=1S/C17H21N3OS2/c1-2-15-10-20(7-8-22-15)9-14-11-23-17(19-14)13-5-3-12(4-6-13)16(18)21/h3-6,11,15H,2,7-10H2,1H3,(H2,18,21)/t15-/m1/s1. The van der Waals surface area contributed by atoms with Gasteiger partial charge >= 0.3 is 0 Å². The maximum atomic E-state index is 11.1. The lowest BCUT2D eigenvalue weighted by molar-refractivity contribution is 0.100. The summed E-state index contributed by atoms with van der Waals surface area (Å²) in [6.45, 7) is 5.48. The molecule has 2 N–H and O–H groups in total. The number of hydrogen-bond acceptors (Lipinski definition) is 5. The SMILES string of the molecule is CC[C@@H]1CN(Cc2csc(-c3ccc(C(N)=O)cc3)n2)CCS1. The lowest BCUT2D eigenvalue weighted by atomic mass is 10.1. The van der Waals surface area contributed by atoms with Gasteiger partial charge in [0, 0.05) is 47.1 Å². The van der Waals surface area contributed by atoms with Crippen molar-refractivity contribution in [1.29, 1.82) is 0 Å². The topological polar surface area (TPSA) is 59.2 Å². The van der Waals surface area contributed by atoms with Crippen molar-refractivity contribution in [3.8, 4) is 10.6 Å². The number of thiazole rings is 1. The third-order valence-electron chi connectivity index (χ3n) is 4.03. The van der Waals surface area contributed by atoms with Crippen LogP contribution in [0.25, 0.3) is 10.6 Å². The van der Waals surface area contributed by atoms with Crippen LogP contribution in [-0.2, 0) is 6.54 Å². The zero-order valence-corrected chi connectivity index (χ0v) is 14.8. The van der Waals surface area contributed by atoms with Crippen LogP contribution in [0.5, 0.6) is 0 Å². The predicted octanol–water partition coefficient (Wildman–Crippen LogP) is 3.24. The number of rotatable bonds is 5. The summed E-state index contributed by atoms with van der Waals surface area (Å²) in [7, 11) is 0. The van der Waals surface area contributed by atoms with E-state index in [1.54, 1.807) is 23.5 Å². The molecule has 1 amide bonds. The van der Waals surface area contributed by atoms with E-state index in [1.165, 1.54) is 12.2 Å². The Labute approximate surface area is 145 Å². The smallest absolute Gasteiger partial charge is 0.248 e. The second kappa shape index (κ2) is 7.47. The molecule has 6 heteroatoms. The number of amides is 1. The molecule has 1 atom stereocenters. The molecule has 0 saturated carbocycles. The fraction of sp³-hybridized carbons (Fsp3) is 0.412. The van der Waals surface area contributed by atoms with E-state index < -0.39 is 5.91 Å². The van der Waals surface area contributed by atoms with Gasteiger partial charge in [-0.25, -0.2) is 4.98 Å². The van der Waals surface area contributed by atoms with E-state index >= 15 is 0 Å². The van der Waals surface area contributed by atoms with Crippen molar-refractivity contribution in [3.05, 3.63) is 40.9 Å². The molecule has 2 heterocycles. The van der Waals surface area contributed by atoms with Gasteiger partial charge in [-0.15, -0.1) is 11.3 Å². The highest BCUT2D eigenvalue weighted by molar-refractivity contribution is 8.00. The maximum Gasteiger partial charge on any atom is 0.248 e. The molecule has 0 radical (unpaired) electrons. The molecule has 1 aromatic heterocycles. The van der Waals surface area contributed by atoms with Crippen LogP contribution in [0.2, 0.25) is 0 Å². The van der Waals surface area contributed by atoms with Crippen molar-refractivity contribution >= 4 is 29.0 Å². The molecule has 2 aromatic rings. The summed E-state index contributed by atoms with van der Waals surface area (Å²) in [5.41, 5.74) is 7.97. The average Bonchev–Trinajstić information content (AvgIpc) is 3.03. The minimum atomic E-state index is -0.398. The normalized spacial score (nSPS) is 18.9. The summed E-state index contributed by atoms with van der Waals surface area (Å²) in [5, 5.41) is 3.89. The summed E-state index contributed by atoms with van der Waals surface area (Å²) in [6.07, 6.45) is 1.23. The first-order valence-electron chi connectivity index (χ1n) is 7.84. The van der Waals surface area contributed by atoms with Gasteiger partial charge in [0.05, 0.1) is 5.69 Å². The molecule has 0 bridgehead atoms. The summed E-state index contributed by atoms with van der Waals surface area (Å²) in [5.74, 6) is 0.814. The molecular formula is C17H21N3OS2. The maximum absolute atomic E-state index is 11.1. The van der Waals surface area contributed by atoms with Gasteiger partial charge in [-0.2, -0.15) is 11.8 Å². The molecule has 0 aliphatic carbocycles. The van der Waals surface area contributed by atoms with E-state index in [9.17, 15) is 4.79 Å². The summed E-state index contributed by atoms with van der Waals surface area (Å²) < 4.78 is 0. The van der Waals surface area contributed by atoms with Gasteiger partial charge in [-0.1, -0.05) is 19.1 Å². The van der Waals surface area contributed by atoms with Crippen molar-refractivity contribution in [1.82, 2.24) is 9.88 Å². The Bertz CT molecular complexity index is 669. The molecule has 3 rings (SSSR count). The first kappa shape index (κ1) is 16.5. The molecule has 122 valence electrons. The van der Waals surface area contributed by atoms with Crippen LogP contribution >= 0.6 is 23.1 Å². The number of primary amides is 1. The molecule has 1 aliphatic rings. The number of aromatic nitrogens is 1. The van der Waals surface area contributed by atoms with Crippen molar-refractivity contribution in [2.45, 2.75) is 25.1 Å². The third kappa shape index (κ3) is 4.13. The van der Waals surface area contributed by atoms with Gasteiger partial charge < -0.3 is 5.73 Å². The fourth-order valence-electron chi connectivity index (χ4n) is 2.69. The van der Waals surface area contributed by atoms with Crippen molar-refractivity contribution in [3.63, 3.8) is 0 Å². The highest BCUT2D eigenvalue weighted by atomic mass is 32.2. The zero-order chi connectivity index (χ0) is 16.2. The Morgan fingerprint density at radius 3 is 2.87 bits per heavy atom.